The highest BCUT2D eigenvalue weighted by Crippen LogP contribution is 2.01. The summed E-state index contributed by atoms with van der Waals surface area (Å²) in [4.78, 5) is 11.0. The summed E-state index contributed by atoms with van der Waals surface area (Å²) in [5.41, 5.74) is 0. The number of hydrogen-bond donors (Lipinski definition) is 1. The molecule has 0 aliphatic heterocycles. The Morgan fingerprint density at radius 3 is 2.62 bits per heavy atom. The highest BCUT2D eigenvalue weighted by Gasteiger charge is 2.13. The van der Waals surface area contributed by atoms with Gasteiger partial charge in [0, 0.05) is 6.54 Å². The second kappa shape index (κ2) is 7.55. The minimum Gasteiger partial charge on any atom is -0.468 e. The lowest BCUT2D eigenvalue weighted by Crippen LogP contribution is -2.30. The van der Waals surface area contributed by atoms with Gasteiger partial charge in [0.15, 0.2) is 0 Å². The van der Waals surface area contributed by atoms with E-state index in [-0.39, 0.29) is 9.89 Å². The van der Waals surface area contributed by atoms with Gasteiger partial charge in [-0.15, -0.1) is 0 Å². The normalized spacial score (nSPS) is 13.0. The number of hydrogen-bond acceptors (Lipinski definition) is 3. The number of alkyl halides is 1. The summed E-state index contributed by atoms with van der Waals surface area (Å²) in [6.07, 6.45) is 1.14. The summed E-state index contributed by atoms with van der Waals surface area (Å²) in [7, 11) is 1.42. The maximum absolute atomic E-state index is 11.0. The van der Waals surface area contributed by atoms with E-state index in [0.29, 0.717) is 12.5 Å². The van der Waals surface area contributed by atoms with Gasteiger partial charge in [0.1, 0.15) is 3.92 Å². The van der Waals surface area contributed by atoms with Gasteiger partial charge in [0.25, 0.3) is 0 Å². The molecule has 0 saturated heterocycles. The maximum Gasteiger partial charge on any atom is 0.319 e. The highest BCUT2D eigenvalue weighted by molar-refractivity contribution is 14.1. The monoisotopic (exact) mass is 299 g/mol. The van der Waals surface area contributed by atoms with Gasteiger partial charge in [-0.1, -0.05) is 36.4 Å². The van der Waals surface area contributed by atoms with Crippen LogP contribution < -0.4 is 5.32 Å². The zero-order valence-electron chi connectivity index (χ0n) is 8.47. The molecule has 1 atom stereocenters. The molecule has 4 heteroatoms. The second-order valence-corrected chi connectivity index (χ2v) is 4.88. The minimum absolute atomic E-state index is 0.0743. The molecule has 0 fully saturated rings. The molecule has 0 aromatic carbocycles. The molecule has 0 bridgehead atoms. The Kier molecular flexibility index (Phi) is 7.65. The molecule has 0 aromatic heterocycles. The number of rotatable bonds is 6. The molecule has 0 amide bonds. The average molecular weight is 299 g/mol. The quantitative estimate of drug-likeness (QED) is 0.350. The summed E-state index contributed by atoms with van der Waals surface area (Å²) >= 11 is 2.09. The van der Waals surface area contributed by atoms with E-state index < -0.39 is 0 Å². The number of ether oxygens (including phenoxy) is 1. The molecule has 0 aromatic rings. The molecule has 1 unspecified atom stereocenters. The Bertz CT molecular complexity index is 151. The van der Waals surface area contributed by atoms with E-state index >= 15 is 0 Å². The third kappa shape index (κ3) is 7.25. The van der Waals surface area contributed by atoms with Crippen LogP contribution in [0.1, 0.15) is 20.3 Å². The van der Waals surface area contributed by atoms with Crippen molar-refractivity contribution in [2.24, 2.45) is 5.92 Å². The standard InChI is InChI=1S/C9H18INO2/c1-7(2)4-5-11-6-8(10)9(12)13-3/h7-8,11H,4-6H2,1-3H3. The topological polar surface area (TPSA) is 38.3 Å². The van der Waals surface area contributed by atoms with Crippen molar-refractivity contribution in [3.8, 4) is 0 Å². The van der Waals surface area contributed by atoms with Gasteiger partial charge < -0.3 is 10.1 Å². The molecule has 0 saturated carbocycles. The lowest BCUT2D eigenvalue weighted by atomic mass is 10.1. The third-order valence-electron chi connectivity index (χ3n) is 1.68. The predicted molar refractivity (Wildman–Crippen MR) is 62.1 cm³/mol. The highest BCUT2D eigenvalue weighted by atomic mass is 127. The van der Waals surface area contributed by atoms with Crippen molar-refractivity contribution < 1.29 is 9.53 Å². The van der Waals surface area contributed by atoms with Crippen LogP contribution in [0.4, 0.5) is 0 Å². The zero-order valence-corrected chi connectivity index (χ0v) is 10.6. The molecule has 13 heavy (non-hydrogen) atoms. The molecule has 3 nitrogen and oxygen atoms in total. The molecule has 0 aliphatic rings. The number of methoxy groups -OCH3 is 1. The number of carbonyl (C=O) groups excluding carboxylic acids is 1. The van der Waals surface area contributed by atoms with Crippen LogP contribution in [0.3, 0.4) is 0 Å². The van der Waals surface area contributed by atoms with Crippen molar-refractivity contribution >= 4 is 28.6 Å². The van der Waals surface area contributed by atoms with E-state index in [2.05, 4.69) is 46.5 Å². The van der Waals surface area contributed by atoms with Crippen molar-refractivity contribution in [2.75, 3.05) is 20.2 Å². The molecule has 0 spiro atoms. The van der Waals surface area contributed by atoms with Crippen molar-refractivity contribution in [1.82, 2.24) is 5.32 Å². The fourth-order valence-corrected chi connectivity index (χ4v) is 1.40. The van der Waals surface area contributed by atoms with Crippen LogP contribution in [-0.4, -0.2) is 30.1 Å². The van der Waals surface area contributed by atoms with Gasteiger partial charge >= 0.3 is 5.97 Å². The van der Waals surface area contributed by atoms with E-state index in [1.165, 1.54) is 7.11 Å². The Balaban J connectivity index is 3.37. The molecule has 0 radical (unpaired) electrons. The largest absolute Gasteiger partial charge is 0.468 e. The fourth-order valence-electron chi connectivity index (χ4n) is 0.831. The van der Waals surface area contributed by atoms with Gasteiger partial charge in [-0.2, -0.15) is 0 Å². The summed E-state index contributed by atoms with van der Waals surface area (Å²) < 4.78 is 4.53. The lowest BCUT2D eigenvalue weighted by molar-refractivity contribution is -0.139. The van der Waals surface area contributed by atoms with Gasteiger partial charge in [-0.25, -0.2) is 0 Å². The van der Waals surface area contributed by atoms with Crippen molar-refractivity contribution in [2.45, 2.75) is 24.2 Å². The Morgan fingerprint density at radius 2 is 2.15 bits per heavy atom. The van der Waals surface area contributed by atoms with Crippen LogP contribution in [0.15, 0.2) is 0 Å². The first kappa shape index (κ1) is 13.2. The van der Waals surface area contributed by atoms with Gasteiger partial charge in [-0.3, -0.25) is 4.79 Å². The number of carbonyl (C=O) groups is 1. The smallest absolute Gasteiger partial charge is 0.319 e. The number of halogens is 1. The molecule has 78 valence electrons. The summed E-state index contributed by atoms with van der Waals surface area (Å²) in [6.45, 7) is 6.03. The van der Waals surface area contributed by atoms with E-state index in [9.17, 15) is 4.79 Å². The molecule has 0 aliphatic carbocycles. The number of esters is 1. The molecule has 0 heterocycles. The Labute approximate surface area is 93.7 Å². The SMILES string of the molecule is COC(=O)C(I)CNCCC(C)C. The van der Waals surface area contributed by atoms with Crippen LogP contribution in [0.5, 0.6) is 0 Å². The molecular weight excluding hydrogens is 281 g/mol. The molecule has 0 rings (SSSR count). The first-order valence-electron chi connectivity index (χ1n) is 4.50. The Hall–Kier alpha value is 0.160. The first-order valence-corrected chi connectivity index (χ1v) is 5.75. The van der Waals surface area contributed by atoms with Crippen molar-refractivity contribution in [3.05, 3.63) is 0 Å². The van der Waals surface area contributed by atoms with E-state index in [1.807, 2.05) is 0 Å². The summed E-state index contributed by atoms with van der Waals surface area (Å²) in [6, 6.07) is 0. The van der Waals surface area contributed by atoms with Gasteiger partial charge in [0.2, 0.25) is 0 Å². The Morgan fingerprint density at radius 1 is 1.54 bits per heavy atom. The van der Waals surface area contributed by atoms with Crippen LogP contribution in [0, 0.1) is 5.92 Å². The second-order valence-electron chi connectivity index (χ2n) is 3.38. The van der Waals surface area contributed by atoms with Crippen LogP contribution >= 0.6 is 22.6 Å². The van der Waals surface area contributed by atoms with E-state index in [4.69, 9.17) is 0 Å². The maximum atomic E-state index is 11.0. The van der Waals surface area contributed by atoms with Crippen LogP contribution in [0.25, 0.3) is 0 Å². The van der Waals surface area contributed by atoms with Crippen LogP contribution in [-0.2, 0) is 9.53 Å². The van der Waals surface area contributed by atoms with Crippen molar-refractivity contribution in [1.29, 1.82) is 0 Å². The summed E-state index contributed by atoms with van der Waals surface area (Å²) in [5, 5.41) is 3.22. The van der Waals surface area contributed by atoms with Gasteiger partial charge in [0.05, 0.1) is 7.11 Å². The minimum atomic E-state index is -0.155. The average Bonchev–Trinajstić information content (AvgIpc) is 2.10. The number of nitrogens with one attached hydrogen (secondary N) is 1. The lowest BCUT2D eigenvalue weighted by Gasteiger charge is -2.09. The fraction of sp³-hybridized carbons (Fsp3) is 0.889. The van der Waals surface area contributed by atoms with Crippen LogP contribution in [0.2, 0.25) is 0 Å². The predicted octanol–water partition coefficient (Wildman–Crippen LogP) is 1.60. The van der Waals surface area contributed by atoms with Gasteiger partial charge in [-0.05, 0) is 18.9 Å². The first-order chi connectivity index (χ1) is 6.07. The third-order valence-corrected chi connectivity index (χ3v) is 2.63. The molecular formula is C9H18INO2. The van der Waals surface area contributed by atoms with Crippen molar-refractivity contribution in [3.63, 3.8) is 0 Å². The molecule has 1 N–H and O–H groups in total. The summed E-state index contributed by atoms with van der Waals surface area (Å²) in [5.74, 6) is 0.552. The zero-order chi connectivity index (χ0) is 10.3. The van der Waals surface area contributed by atoms with E-state index in [0.717, 1.165) is 13.0 Å². The van der Waals surface area contributed by atoms with E-state index in [1.54, 1.807) is 0 Å².